The monoisotopic (exact) mass is 292 g/mol. The molecule has 0 aliphatic heterocycles. The first-order valence-corrected chi connectivity index (χ1v) is 6.40. The molecule has 0 amide bonds. The third-order valence-corrected chi connectivity index (χ3v) is 3.78. The molecule has 0 spiro atoms. The first-order chi connectivity index (χ1) is 7.56. The van der Waals surface area contributed by atoms with Crippen molar-refractivity contribution in [2.24, 2.45) is 0 Å². The Morgan fingerprint density at radius 2 is 1.62 bits per heavy atom. The van der Waals surface area contributed by atoms with Crippen LogP contribution in [0.1, 0.15) is 16.5 Å². The number of rotatable bonds is 2. The first kappa shape index (κ1) is 12.2. The minimum atomic E-state index is -0.742. The van der Waals surface area contributed by atoms with Gasteiger partial charge in [0.05, 0.1) is 4.34 Å². The van der Waals surface area contributed by atoms with Crippen molar-refractivity contribution in [3.8, 4) is 0 Å². The fraction of sp³-hybridized carbons (Fsp3) is 0.0909. The van der Waals surface area contributed by atoms with E-state index in [0.717, 1.165) is 4.88 Å². The molecular formula is C11H7Cl3OS. The van der Waals surface area contributed by atoms with Crippen LogP contribution in [-0.4, -0.2) is 5.11 Å². The van der Waals surface area contributed by atoms with E-state index < -0.39 is 6.10 Å². The van der Waals surface area contributed by atoms with Crippen LogP contribution in [0.4, 0.5) is 0 Å². The molecule has 0 aliphatic rings. The summed E-state index contributed by atoms with van der Waals surface area (Å²) in [5.74, 6) is 0. The summed E-state index contributed by atoms with van der Waals surface area (Å²) in [4.78, 5) is 0.767. The highest BCUT2D eigenvalue weighted by Crippen LogP contribution is 2.33. The zero-order valence-electron chi connectivity index (χ0n) is 7.95. The van der Waals surface area contributed by atoms with Gasteiger partial charge in [-0.15, -0.1) is 11.3 Å². The summed E-state index contributed by atoms with van der Waals surface area (Å²) in [6, 6.07) is 8.53. The topological polar surface area (TPSA) is 20.2 Å². The zero-order valence-corrected chi connectivity index (χ0v) is 11.0. The number of hydrogen-bond acceptors (Lipinski definition) is 2. The molecule has 0 saturated heterocycles. The lowest BCUT2D eigenvalue weighted by atomic mass is 10.1. The number of thiophene rings is 1. The highest BCUT2D eigenvalue weighted by Gasteiger charge is 2.13. The Hall–Kier alpha value is -0.250. The molecule has 0 aliphatic carbocycles. The third-order valence-electron chi connectivity index (χ3n) is 2.06. The van der Waals surface area contributed by atoms with Crippen LogP contribution in [0.3, 0.4) is 0 Å². The molecule has 1 atom stereocenters. The molecule has 2 rings (SSSR count). The van der Waals surface area contributed by atoms with Crippen molar-refractivity contribution in [3.05, 3.63) is 55.2 Å². The molecule has 16 heavy (non-hydrogen) atoms. The number of aliphatic hydroxyl groups excluding tert-OH is 1. The second-order valence-electron chi connectivity index (χ2n) is 3.25. The van der Waals surface area contributed by atoms with E-state index in [1.165, 1.54) is 11.3 Å². The van der Waals surface area contributed by atoms with Crippen molar-refractivity contribution < 1.29 is 5.11 Å². The van der Waals surface area contributed by atoms with E-state index >= 15 is 0 Å². The van der Waals surface area contributed by atoms with Crippen LogP contribution in [-0.2, 0) is 0 Å². The average molecular weight is 294 g/mol. The number of aliphatic hydroxyl groups is 1. The Morgan fingerprint density at radius 3 is 2.12 bits per heavy atom. The van der Waals surface area contributed by atoms with Gasteiger partial charge < -0.3 is 5.11 Å². The normalized spacial score (nSPS) is 12.8. The Labute approximate surface area is 112 Å². The highest BCUT2D eigenvalue weighted by molar-refractivity contribution is 7.16. The molecule has 1 nitrogen and oxygen atoms in total. The van der Waals surface area contributed by atoms with Crippen LogP contribution >= 0.6 is 46.1 Å². The number of halogens is 3. The Balaban J connectivity index is 2.37. The molecule has 0 bridgehead atoms. The zero-order chi connectivity index (χ0) is 11.7. The smallest absolute Gasteiger partial charge is 0.113 e. The molecule has 0 fully saturated rings. The van der Waals surface area contributed by atoms with Crippen LogP contribution in [0.15, 0.2) is 30.3 Å². The summed E-state index contributed by atoms with van der Waals surface area (Å²) in [6.07, 6.45) is -0.742. The molecular weight excluding hydrogens is 287 g/mol. The molecule has 84 valence electrons. The van der Waals surface area contributed by atoms with Gasteiger partial charge in [0, 0.05) is 14.9 Å². The Bertz CT molecular complexity index is 489. The lowest BCUT2D eigenvalue weighted by molar-refractivity contribution is 0.224. The van der Waals surface area contributed by atoms with Crippen molar-refractivity contribution in [1.29, 1.82) is 0 Å². The number of benzene rings is 1. The van der Waals surface area contributed by atoms with Crippen LogP contribution in [0.2, 0.25) is 14.4 Å². The van der Waals surface area contributed by atoms with Crippen LogP contribution < -0.4 is 0 Å². The van der Waals surface area contributed by atoms with E-state index in [2.05, 4.69) is 0 Å². The van der Waals surface area contributed by atoms with Gasteiger partial charge in [0.25, 0.3) is 0 Å². The summed E-state index contributed by atoms with van der Waals surface area (Å²) in [5.41, 5.74) is 0.663. The molecule has 1 aromatic carbocycles. The molecule has 1 N–H and O–H groups in total. The van der Waals surface area contributed by atoms with E-state index in [0.29, 0.717) is 19.9 Å². The molecule has 1 unspecified atom stereocenters. The van der Waals surface area contributed by atoms with Gasteiger partial charge in [0.2, 0.25) is 0 Å². The standard InChI is InChI=1S/C11H7Cl3OS/c12-7-3-6(4-8(13)5-7)11(15)9-1-2-10(14)16-9/h1-5,11,15H. The SMILES string of the molecule is OC(c1cc(Cl)cc(Cl)c1)c1ccc(Cl)s1. The van der Waals surface area contributed by atoms with Crippen molar-refractivity contribution in [1.82, 2.24) is 0 Å². The van der Waals surface area contributed by atoms with Gasteiger partial charge in [-0.25, -0.2) is 0 Å². The van der Waals surface area contributed by atoms with E-state index in [1.807, 2.05) is 0 Å². The molecule has 5 heteroatoms. The fourth-order valence-corrected chi connectivity index (χ4v) is 2.99. The number of hydrogen-bond donors (Lipinski definition) is 1. The van der Waals surface area contributed by atoms with Gasteiger partial charge in [-0.1, -0.05) is 34.8 Å². The maximum Gasteiger partial charge on any atom is 0.113 e. The van der Waals surface area contributed by atoms with Crippen LogP contribution in [0.5, 0.6) is 0 Å². The predicted molar refractivity (Wildman–Crippen MR) is 69.9 cm³/mol. The van der Waals surface area contributed by atoms with Gasteiger partial charge in [-0.05, 0) is 35.9 Å². The summed E-state index contributed by atoms with van der Waals surface area (Å²) in [6.45, 7) is 0. The largest absolute Gasteiger partial charge is 0.383 e. The van der Waals surface area contributed by atoms with Crippen molar-refractivity contribution in [3.63, 3.8) is 0 Å². The predicted octanol–water partition coefficient (Wildman–Crippen LogP) is 4.79. The molecule has 1 heterocycles. The van der Waals surface area contributed by atoms with E-state index in [4.69, 9.17) is 34.8 Å². The van der Waals surface area contributed by atoms with Gasteiger partial charge in [0.15, 0.2) is 0 Å². The van der Waals surface area contributed by atoms with E-state index in [1.54, 1.807) is 30.3 Å². The summed E-state index contributed by atoms with van der Waals surface area (Å²) in [5, 5.41) is 11.1. The van der Waals surface area contributed by atoms with E-state index in [-0.39, 0.29) is 0 Å². The van der Waals surface area contributed by atoms with Gasteiger partial charge in [0.1, 0.15) is 6.10 Å². The van der Waals surface area contributed by atoms with Gasteiger partial charge >= 0.3 is 0 Å². The lowest BCUT2D eigenvalue weighted by Crippen LogP contribution is -1.96. The van der Waals surface area contributed by atoms with Gasteiger partial charge in [-0.2, -0.15) is 0 Å². The summed E-state index contributed by atoms with van der Waals surface area (Å²) in [7, 11) is 0. The second-order valence-corrected chi connectivity index (χ2v) is 5.87. The van der Waals surface area contributed by atoms with Gasteiger partial charge in [-0.3, -0.25) is 0 Å². The molecule has 0 saturated carbocycles. The van der Waals surface area contributed by atoms with Crippen molar-refractivity contribution in [2.75, 3.05) is 0 Å². The van der Waals surface area contributed by atoms with Crippen LogP contribution in [0, 0.1) is 0 Å². The maximum atomic E-state index is 10.1. The molecule has 0 radical (unpaired) electrons. The lowest BCUT2D eigenvalue weighted by Gasteiger charge is -2.09. The second kappa shape index (κ2) is 4.94. The van der Waals surface area contributed by atoms with Crippen molar-refractivity contribution in [2.45, 2.75) is 6.10 Å². The maximum absolute atomic E-state index is 10.1. The minimum absolute atomic E-state index is 0.504. The fourth-order valence-electron chi connectivity index (χ4n) is 1.37. The third kappa shape index (κ3) is 2.70. The first-order valence-electron chi connectivity index (χ1n) is 4.45. The quantitative estimate of drug-likeness (QED) is 0.844. The summed E-state index contributed by atoms with van der Waals surface area (Å²) >= 11 is 18.9. The Kier molecular flexibility index (Phi) is 3.77. The summed E-state index contributed by atoms with van der Waals surface area (Å²) < 4.78 is 0.641. The average Bonchev–Trinajstić information content (AvgIpc) is 2.62. The van der Waals surface area contributed by atoms with Crippen LogP contribution in [0.25, 0.3) is 0 Å². The molecule has 2 aromatic rings. The molecule has 1 aromatic heterocycles. The minimum Gasteiger partial charge on any atom is -0.383 e. The van der Waals surface area contributed by atoms with Crippen molar-refractivity contribution >= 4 is 46.1 Å². The van der Waals surface area contributed by atoms with E-state index in [9.17, 15) is 5.11 Å². The highest BCUT2D eigenvalue weighted by atomic mass is 35.5. The Morgan fingerprint density at radius 1 is 1.00 bits per heavy atom.